The molecule has 31 heavy (non-hydrogen) atoms. The number of piperidine rings is 1. The molecular formula is C21H30IN7S2. The molecule has 0 radical (unpaired) electrons. The van der Waals surface area contributed by atoms with E-state index >= 15 is 0 Å². The van der Waals surface area contributed by atoms with Gasteiger partial charge < -0.3 is 20.1 Å². The zero-order valence-electron chi connectivity index (χ0n) is 18.0. The molecule has 1 saturated heterocycles. The normalized spacial score (nSPS) is 15.0. The van der Waals surface area contributed by atoms with Gasteiger partial charge in [0, 0.05) is 37.6 Å². The Balaban J connectivity index is 0.00000272. The van der Waals surface area contributed by atoms with Crippen molar-refractivity contribution < 1.29 is 0 Å². The lowest BCUT2D eigenvalue weighted by molar-refractivity contribution is 0.462. The summed E-state index contributed by atoms with van der Waals surface area (Å²) in [4.78, 5) is 8.68. The molecule has 10 heteroatoms. The van der Waals surface area contributed by atoms with Crippen LogP contribution in [0.1, 0.15) is 29.4 Å². The lowest BCUT2D eigenvalue weighted by atomic mass is 10.1. The predicted molar refractivity (Wildman–Crippen MR) is 141 cm³/mol. The van der Waals surface area contributed by atoms with Crippen molar-refractivity contribution in [3.8, 4) is 0 Å². The maximum atomic E-state index is 4.81. The Morgan fingerprint density at radius 2 is 1.94 bits per heavy atom. The molecule has 3 aromatic rings. The van der Waals surface area contributed by atoms with Crippen LogP contribution in [0, 0.1) is 6.92 Å². The first-order valence-electron chi connectivity index (χ1n) is 10.4. The minimum absolute atomic E-state index is 0. The van der Waals surface area contributed by atoms with Gasteiger partial charge in [0.2, 0.25) is 0 Å². The number of thiophene rings is 2. The van der Waals surface area contributed by atoms with E-state index in [-0.39, 0.29) is 24.0 Å². The third-order valence-electron chi connectivity index (χ3n) is 5.46. The van der Waals surface area contributed by atoms with E-state index in [1.165, 1.54) is 9.88 Å². The van der Waals surface area contributed by atoms with Gasteiger partial charge >= 0.3 is 0 Å². The quantitative estimate of drug-likeness (QED) is 0.257. The molecule has 3 aromatic heterocycles. The molecule has 0 bridgehead atoms. The summed E-state index contributed by atoms with van der Waals surface area (Å²) in [6, 6.07) is 9.04. The summed E-state index contributed by atoms with van der Waals surface area (Å²) in [7, 11) is 1.98. The maximum Gasteiger partial charge on any atom is 0.191 e. The lowest BCUT2D eigenvalue weighted by Crippen LogP contribution is -2.49. The maximum absolute atomic E-state index is 4.81. The van der Waals surface area contributed by atoms with Crippen LogP contribution in [0.2, 0.25) is 0 Å². The molecular weight excluding hydrogens is 541 g/mol. The number of nitrogens with one attached hydrogen (secondary N) is 2. The van der Waals surface area contributed by atoms with Crippen molar-refractivity contribution in [2.75, 3.05) is 24.5 Å². The second kappa shape index (κ2) is 11.8. The molecule has 0 aliphatic carbocycles. The number of anilines is 1. The molecule has 7 nitrogen and oxygen atoms in total. The average molecular weight is 572 g/mol. The van der Waals surface area contributed by atoms with Crippen molar-refractivity contribution in [2.24, 2.45) is 12.0 Å². The van der Waals surface area contributed by atoms with Crippen LogP contribution < -0.4 is 15.5 Å². The van der Waals surface area contributed by atoms with Gasteiger partial charge in [-0.05, 0) is 55.1 Å². The van der Waals surface area contributed by atoms with Crippen molar-refractivity contribution in [3.05, 3.63) is 51.6 Å². The van der Waals surface area contributed by atoms with E-state index in [1.54, 1.807) is 11.3 Å². The fraction of sp³-hybridized carbons (Fsp3) is 0.476. The number of hydrogen-bond donors (Lipinski definition) is 2. The molecule has 0 unspecified atom stereocenters. The van der Waals surface area contributed by atoms with Gasteiger partial charge in [-0.15, -0.1) is 56.8 Å². The molecule has 0 atom stereocenters. The van der Waals surface area contributed by atoms with Gasteiger partial charge in [-0.2, -0.15) is 0 Å². The van der Waals surface area contributed by atoms with Gasteiger partial charge in [0.1, 0.15) is 12.4 Å². The third kappa shape index (κ3) is 6.66. The zero-order chi connectivity index (χ0) is 20.8. The molecule has 168 valence electrons. The molecule has 4 rings (SSSR count). The van der Waals surface area contributed by atoms with Gasteiger partial charge in [0.15, 0.2) is 11.8 Å². The van der Waals surface area contributed by atoms with Gasteiger partial charge in [-0.25, -0.2) is 4.99 Å². The summed E-state index contributed by atoms with van der Waals surface area (Å²) in [5.74, 6) is 2.64. The van der Waals surface area contributed by atoms with Crippen LogP contribution in [0.4, 0.5) is 5.00 Å². The van der Waals surface area contributed by atoms with E-state index in [0.717, 1.165) is 56.5 Å². The summed E-state index contributed by atoms with van der Waals surface area (Å²) in [5, 5.41) is 21.2. The molecule has 1 aliphatic heterocycles. The number of aromatic nitrogens is 3. The zero-order valence-corrected chi connectivity index (χ0v) is 21.9. The monoisotopic (exact) mass is 571 g/mol. The fourth-order valence-electron chi connectivity index (χ4n) is 3.54. The number of aliphatic imine (C=N–C) groups is 1. The first-order valence-corrected chi connectivity index (χ1v) is 12.2. The average Bonchev–Trinajstić information content (AvgIpc) is 3.52. The number of halogens is 1. The van der Waals surface area contributed by atoms with Crippen LogP contribution in [-0.2, 0) is 20.0 Å². The second-order valence-electron chi connectivity index (χ2n) is 7.50. The van der Waals surface area contributed by atoms with Gasteiger partial charge in [0.25, 0.3) is 0 Å². The van der Waals surface area contributed by atoms with Crippen LogP contribution in [0.3, 0.4) is 0 Å². The minimum Gasteiger partial charge on any atom is -0.363 e. The van der Waals surface area contributed by atoms with Crippen LogP contribution >= 0.6 is 46.7 Å². The number of rotatable bonds is 7. The van der Waals surface area contributed by atoms with Crippen LogP contribution in [0.15, 0.2) is 40.0 Å². The smallest absolute Gasteiger partial charge is 0.191 e. The summed E-state index contributed by atoms with van der Waals surface area (Å²) >= 11 is 3.62. The molecule has 0 spiro atoms. The molecule has 1 aliphatic rings. The van der Waals surface area contributed by atoms with E-state index in [1.807, 2.05) is 29.9 Å². The van der Waals surface area contributed by atoms with Gasteiger partial charge in [0.05, 0.1) is 5.00 Å². The molecule has 0 amide bonds. The topological polar surface area (TPSA) is 70.4 Å². The highest BCUT2D eigenvalue weighted by Gasteiger charge is 2.21. The molecule has 1 fully saturated rings. The van der Waals surface area contributed by atoms with Crippen LogP contribution in [0.5, 0.6) is 0 Å². The highest BCUT2D eigenvalue weighted by atomic mass is 127. The number of hydrogen-bond acceptors (Lipinski definition) is 6. The Kier molecular flexibility index (Phi) is 9.15. The van der Waals surface area contributed by atoms with Gasteiger partial charge in [-0.1, -0.05) is 6.07 Å². The Hall–Kier alpha value is -1.66. The van der Waals surface area contributed by atoms with E-state index < -0.39 is 0 Å². The van der Waals surface area contributed by atoms with Crippen LogP contribution in [0.25, 0.3) is 0 Å². The van der Waals surface area contributed by atoms with Gasteiger partial charge in [-0.3, -0.25) is 0 Å². The largest absolute Gasteiger partial charge is 0.363 e. The first-order chi connectivity index (χ1) is 14.7. The third-order valence-corrected chi connectivity index (χ3v) is 7.32. The van der Waals surface area contributed by atoms with Crippen molar-refractivity contribution in [1.82, 2.24) is 25.4 Å². The van der Waals surface area contributed by atoms with Crippen molar-refractivity contribution >= 4 is 57.6 Å². The summed E-state index contributed by atoms with van der Waals surface area (Å²) in [5.41, 5.74) is 0. The second-order valence-corrected chi connectivity index (χ2v) is 9.46. The minimum atomic E-state index is 0. The lowest BCUT2D eigenvalue weighted by Gasteiger charge is -2.33. The molecule has 0 saturated carbocycles. The van der Waals surface area contributed by atoms with E-state index in [0.29, 0.717) is 12.6 Å². The summed E-state index contributed by atoms with van der Waals surface area (Å²) in [6.45, 7) is 5.48. The summed E-state index contributed by atoms with van der Waals surface area (Å²) < 4.78 is 1.99. The Bertz CT molecular complexity index is 929. The number of guanidine groups is 1. The molecule has 0 aromatic carbocycles. The van der Waals surface area contributed by atoms with E-state index in [4.69, 9.17) is 4.99 Å². The Labute approximate surface area is 209 Å². The number of nitrogens with zero attached hydrogens (tertiary/aromatic N) is 5. The van der Waals surface area contributed by atoms with Crippen molar-refractivity contribution in [3.63, 3.8) is 0 Å². The summed E-state index contributed by atoms with van der Waals surface area (Å²) in [6.07, 6.45) is 3.21. The Morgan fingerprint density at radius 1 is 1.16 bits per heavy atom. The van der Waals surface area contributed by atoms with Crippen molar-refractivity contribution in [1.29, 1.82) is 0 Å². The highest BCUT2D eigenvalue weighted by molar-refractivity contribution is 14.0. The highest BCUT2D eigenvalue weighted by Crippen LogP contribution is 2.24. The molecule has 2 N–H and O–H groups in total. The standard InChI is InChI=1S/C21H29N7S2.HI/c1-16-25-26-19(27(16)2)15-23-21(22-10-7-18-5-3-13-29-18)24-17-8-11-28(12-9-17)20-6-4-14-30-20;/h3-6,13-14,17H,7-12,15H2,1-2H3,(H2,22,23,24);1H. The molecule has 4 heterocycles. The van der Waals surface area contributed by atoms with E-state index in [9.17, 15) is 0 Å². The Morgan fingerprint density at radius 3 is 2.58 bits per heavy atom. The predicted octanol–water partition coefficient (Wildman–Crippen LogP) is 3.81. The van der Waals surface area contributed by atoms with Crippen LogP contribution in [-0.4, -0.2) is 46.4 Å². The van der Waals surface area contributed by atoms with E-state index in [2.05, 4.69) is 60.8 Å². The SMILES string of the molecule is Cc1nnc(CN=C(NCCc2cccs2)NC2CCN(c3cccs3)CC2)n1C.I. The van der Waals surface area contributed by atoms with Crippen molar-refractivity contribution in [2.45, 2.75) is 38.8 Å². The first kappa shape index (κ1) is 24.0. The fourth-order valence-corrected chi connectivity index (χ4v) is 5.03. The number of aryl methyl sites for hydroxylation is 1.